The molecule has 3 rings (SSSR count). The SMILES string of the molecule is N#Cc1ccc(S(=O)(=O)OCC(O)(C(=O)c2ccccc2)c2ccccc2)cc1. The van der Waals surface area contributed by atoms with Gasteiger partial charge in [-0.25, -0.2) is 0 Å². The van der Waals surface area contributed by atoms with E-state index in [4.69, 9.17) is 9.44 Å². The fourth-order valence-electron chi connectivity index (χ4n) is 2.75. The fourth-order valence-corrected chi connectivity index (χ4v) is 3.68. The van der Waals surface area contributed by atoms with Crippen LogP contribution in [0.15, 0.2) is 89.8 Å². The summed E-state index contributed by atoms with van der Waals surface area (Å²) >= 11 is 0. The number of hydrogen-bond acceptors (Lipinski definition) is 6. The van der Waals surface area contributed by atoms with Gasteiger partial charge in [0, 0.05) is 5.56 Å². The third kappa shape index (κ3) is 4.41. The van der Waals surface area contributed by atoms with E-state index in [1.54, 1.807) is 36.4 Å². The summed E-state index contributed by atoms with van der Waals surface area (Å²) in [4.78, 5) is 12.9. The second kappa shape index (κ2) is 8.37. The van der Waals surface area contributed by atoms with Gasteiger partial charge < -0.3 is 5.11 Å². The first-order valence-electron chi connectivity index (χ1n) is 8.64. The molecule has 0 spiro atoms. The average Bonchev–Trinajstić information content (AvgIpc) is 2.78. The van der Waals surface area contributed by atoms with Crippen LogP contribution < -0.4 is 0 Å². The molecule has 0 radical (unpaired) electrons. The van der Waals surface area contributed by atoms with E-state index in [9.17, 15) is 18.3 Å². The molecular weight excluding hydrogens is 390 g/mol. The second-order valence-corrected chi connectivity index (χ2v) is 7.89. The number of aliphatic hydroxyl groups is 1. The molecule has 29 heavy (non-hydrogen) atoms. The third-order valence-electron chi connectivity index (χ3n) is 4.36. The Morgan fingerprint density at radius 3 is 2.03 bits per heavy atom. The van der Waals surface area contributed by atoms with Crippen molar-refractivity contribution in [2.75, 3.05) is 6.61 Å². The van der Waals surface area contributed by atoms with Crippen LogP contribution in [0.25, 0.3) is 0 Å². The molecule has 1 atom stereocenters. The Balaban J connectivity index is 1.93. The maximum absolute atomic E-state index is 13.0. The molecule has 0 aliphatic carbocycles. The highest BCUT2D eigenvalue weighted by atomic mass is 32.2. The summed E-state index contributed by atoms with van der Waals surface area (Å²) in [6.07, 6.45) is 0. The Labute approximate surface area is 168 Å². The van der Waals surface area contributed by atoms with Crippen LogP contribution in [0.4, 0.5) is 0 Å². The third-order valence-corrected chi connectivity index (χ3v) is 5.64. The maximum atomic E-state index is 13.0. The number of carbonyl (C=O) groups is 1. The van der Waals surface area contributed by atoms with E-state index in [0.717, 1.165) is 0 Å². The summed E-state index contributed by atoms with van der Waals surface area (Å²) < 4.78 is 30.2. The normalized spacial score (nSPS) is 13.2. The van der Waals surface area contributed by atoms with Crippen LogP contribution in [0, 0.1) is 11.3 Å². The lowest BCUT2D eigenvalue weighted by molar-refractivity contribution is 0.00410. The molecule has 146 valence electrons. The second-order valence-electron chi connectivity index (χ2n) is 6.27. The van der Waals surface area contributed by atoms with E-state index in [1.165, 1.54) is 48.5 Å². The van der Waals surface area contributed by atoms with Crippen molar-refractivity contribution in [2.24, 2.45) is 0 Å². The number of hydrogen-bond donors (Lipinski definition) is 1. The first-order chi connectivity index (χ1) is 13.9. The number of Topliss-reactive ketones (excluding diaryl/α,β-unsaturated/α-hetero) is 1. The molecule has 7 heteroatoms. The summed E-state index contributed by atoms with van der Waals surface area (Å²) in [6.45, 7) is -0.799. The Hall–Kier alpha value is -3.31. The molecule has 0 fully saturated rings. The fraction of sp³-hybridized carbons (Fsp3) is 0.0909. The topological polar surface area (TPSA) is 104 Å². The Morgan fingerprint density at radius 1 is 0.931 bits per heavy atom. The molecule has 0 saturated heterocycles. The highest BCUT2D eigenvalue weighted by molar-refractivity contribution is 7.86. The highest BCUT2D eigenvalue weighted by Crippen LogP contribution is 2.28. The lowest BCUT2D eigenvalue weighted by atomic mass is 9.86. The highest BCUT2D eigenvalue weighted by Gasteiger charge is 2.40. The summed E-state index contributed by atoms with van der Waals surface area (Å²) in [6, 6.07) is 23.2. The quantitative estimate of drug-likeness (QED) is 0.477. The predicted molar refractivity (Wildman–Crippen MR) is 105 cm³/mol. The van der Waals surface area contributed by atoms with E-state index in [-0.39, 0.29) is 16.0 Å². The Bertz CT molecular complexity index is 1140. The van der Waals surface area contributed by atoms with Crippen LogP contribution in [-0.4, -0.2) is 25.9 Å². The summed E-state index contributed by atoms with van der Waals surface area (Å²) in [5.74, 6) is -0.681. The average molecular weight is 407 g/mol. The van der Waals surface area contributed by atoms with Crippen molar-refractivity contribution in [1.29, 1.82) is 5.26 Å². The zero-order valence-electron chi connectivity index (χ0n) is 15.2. The standard InChI is InChI=1S/C22H17NO5S/c23-15-17-11-13-20(14-12-17)29(26,27)28-16-22(25,19-9-5-2-6-10-19)21(24)18-7-3-1-4-8-18/h1-14,25H,16H2. The van der Waals surface area contributed by atoms with E-state index in [2.05, 4.69) is 0 Å². The van der Waals surface area contributed by atoms with E-state index < -0.39 is 28.1 Å². The van der Waals surface area contributed by atoms with Gasteiger partial charge in [-0.05, 0) is 29.8 Å². The first-order valence-corrected chi connectivity index (χ1v) is 10.0. The molecule has 3 aromatic rings. The van der Waals surface area contributed by atoms with Crippen molar-refractivity contribution in [3.05, 3.63) is 102 Å². The Morgan fingerprint density at radius 2 is 1.48 bits per heavy atom. The molecule has 0 saturated carbocycles. The van der Waals surface area contributed by atoms with E-state index >= 15 is 0 Å². The van der Waals surface area contributed by atoms with Gasteiger partial charge in [0.2, 0.25) is 5.78 Å². The lowest BCUT2D eigenvalue weighted by Crippen LogP contribution is -2.41. The predicted octanol–water partition coefficient (Wildman–Crippen LogP) is 3.03. The van der Waals surface area contributed by atoms with Crippen LogP contribution in [0.2, 0.25) is 0 Å². The number of nitrogens with zero attached hydrogens (tertiary/aromatic N) is 1. The molecule has 1 N–H and O–H groups in total. The number of benzene rings is 3. The van der Waals surface area contributed by atoms with Crippen LogP contribution in [-0.2, 0) is 19.9 Å². The number of nitriles is 1. The molecule has 0 aliphatic rings. The van der Waals surface area contributed by atoms with Crippen molar-refractivity contribution in [2.45, 2.75) is 10.5 Å². The molecule has 0 aliphatic heterocycles. The van der Waals surface area contributed by atoms with Crippen molar-refractivity contribution >= 4 is 15.9 Å². The van der Waals surface area contributed by atoms with Gasteiger partial charge in [-0.3, -0.25) is 8.98 Å². The van der Waals surface area contributed by atoms with Crippen molar-refractivity contribution in [3.8, 4) is 6.07 Å². The number of rotatable bonds is 7. The number of ketones is 1. The van der Waals surface area contributed by atoms with Gasteiger partial charge in [-0.1, -0.05) is 60.7 Å². The molecular formula is C22H17NO5S. The number of carbonyl (C=O) groups excluding carboxylic acids is 1. The molecule has 6 nitrogen and oxygen atoms in total. The van der Waals surface area contributed by atoms with Crippen molar-refractivity contribution < 1.29 is 22.5 Å². The van der Waals surface area contributed by atoms with E-state index in [0.29, 0.717) is 5.56 Å². The van der Waals surface area contributed by atoms with Gasteiger partial charge in [0.05, 0.1) is 16.5 Å². The molecule has 0 amide bonds. The summed E-state index contributed by atoms with van der Waals surface area (Å²) in [5, 5.41) is 20.1. The summed E-state index contributed by atoms with van der Waals surface area (Å²) in [5.41, 5.74) is -1.48. The lowest BCUT2D eigenvalue weighted by Gasteiger charge is -2.27. The van der Waals surface area contributed by atoms with Crippen LogP contribution >= 0.6 is 0 Å². The Kier molecular flexibility index (Phi) is 5.89. The molecule has 3 aromatic carbocycles. The minimum absolute atomic E-state index is 0.181. The zero-order valence-corrected chi connectivity index (χ0v) is 16.0. The maximum Gasteiger partial charge on any atom is 0.297 e. The van der Waals surface area contributed by atoms with Gasteiger partial charge in [0.1, 0.15) is 6.61 Å². The zero-order chi connectivity index (χ0) is 20.9. The molecule has 1 unspecified atom stereocenters. The monoisotopic (exact) mass is 407 g/mol. The van der Waals surface area contributed by atoms with Crippen LogP contribution in [0.1, 0.15) is 21.5 Å². The smallest absolute Gasteiger partial charge is 0.297 e. The summed E-state index contributed by atoms with van der Waals surface area (Å²) in [7, 11) is -4.26. The van der Waals surface area contributed by atoms with Crippen molar-refractivity contribution in [1.82, 2.24) is 0 Å². The molecule has 0 aromatic heterocycles. The minimum Gasteiger partial charge on any atom is -0.375 e. The van der Waals surface area contributed by atoms with Gasteiger partial charge in [-0.2, -0.15) is 13.7 Å². The van der Waals surface area contributed by atoms with Crippen molar-refractivity contribution in [3.63, 3.8) is 0 Å². The van der Waals surface area contributed by atoms with Crippen LogP contribution in [0.3, 0.4) is 0 Å². The molecule has 0 heterocycles. The van der Waals surface area contributed by atoms with Gasteiger partial charge >= 0.3 is 0 Å². The van der Waals surface area contributed by atoms with E-state index in [1.807, 2.05) is 6.07 Å². The van der Waals surface area contributed by atoms with Gasteiger partial charge in [0.25, 0.3) is 10.1 Å². The van der Waals surface area contributed by atoms with Gasteiger partial charge in [-0.15, -0.1) is 0 Å². The van der Waals surface area contributed by atoms with Crippen LogP contribution in [0.5, 0.6) is 0 Å². The van der Waals surface area contributed by atoms with Gasteiger partial charge in [0.15, 0.2) is 5.60 Å². The largest absolute Gasteiger partial charge is 0.375 e. The minimum atomic E-state index is -4.26. The first kappa shape index (κ1) is 20.4. The molecule has 0 bridgehead atoms.